The van der Waals surface area contributed by atoms with Gasteiger partial charge in [0.1, 0.15) is 17.6 Å². The van der Waals surface area contributed by atoms with Crippen molar-refractivity contribution in [2.45, 2.75) is 165 Å². The van der Waals surface area contributed by atoms with Crippen molar-refractivity contribution in [1.29, 1.82) is 0 Å². The zero-order valence-corrected chi connectivity index (χ0v) is 40.1. The van der Waals surface area contributed by atoms with Gasteiger partial charge in [0, 0.05) is 41.3 Å². The standard InChI is InChI=1S/C53H68ClF3N4O6/c1-4-33-61(50(66)51(31-17-18-32-51)59-49(65)53(55,56)57)46(37(2)3)47(63)58-44(48(64)60-34-19-20-35-60)36-45(62)67-52(40-23-13-10-14-24-40,42-25-15-16-26-43(42)54)41-29-27-39(28-30-41)38-21-11-8-6-5-7-9-12-22-38/h10,13-16,23-30,37-38,44,46H,4-9,11-12,17-22,31-36H2,1-3H3,(H,58,63)(H,59,65)/t44-,46-,52?/m0/s1. The van der Waals surface area contributed by atoms with Crippen LogP contribution >= 0.6 is 11.6 Å². The van der Waals surface area contributed by atoms with Crippen molar-refractivity contribution in [1.82, 2.24) is 20.4 Å². The lowest BCUT2D eigenvalue weighted by Gasteiger charge is -2.40. The molecule has 4 amide bonds. The van der Waals surface area contributed by atoms with E-state index >= 15 is 0 Å². The Morgan fingerprint density at radius 3 is 1.91 bits per heavy atom. The molecule has 0 spiro atoms. The van der Waals surface area contributed by atoms with Crippen LogP contribution in [0.25, 0.3) is 0 Å². The lowest BCUT2D eigenvalue weighted by Crippen LogP contribution is -2.65. The van der Waals surface area contributed by atoms with Crippen molar-refractivity contribution in [3.63, 3.8) is 0 Å². The van der Waals surface area contributed by atoms with Crippen LogP contribution in [0.15, 0.2) is 78.9 Å². The van der Waals surface area contributed by atoms with Crippen LogP contribution in [0.4, 0.5) is 13.2 Å². The molecule has 0 radical (unpaired) electrons. The van der Waals surface area contributed by atoms with E-state index in [4.69, 9.17) is 16.3 Å². The molecular weight excluding hydrogens is 881 g/mol. The minimum Gasteiger partial charge on any atom is -0.444 e. The van der Waals surface area contributed by atoms with Crippen molar-refractivity contribution in [2.24, 2.45) is 5.92 Å². The molecule has 364 valence electrons. The maximum absolute atomic E-state index is 14.9. The average molecular weight is 950 g/mol. The number of esters is 1. The predicted octanol–water partition coefficient (Wildman–Crippen LogP) is 10.5. The number of hydrogen-bond acceptors (Lipinski definition) is 6. The topological polar surface area (TPSA) is 125 Å². The summed E-state index contributed by atoms with van der Waals surface area (Å²) in [5.41, 5.74) is -0.495. The SMILES string of the molecule is CCCN(C(=O)C1(NC(=O)C(F)(F)F)CCCC1)[C@H](C(=O)N[C@@H](CC(=O)OC(c1ccccc1)(c1ccc(C2CCCCCCCCC2)cc1)c1ccccc1Cl)C(=O)N1CCCC1)C(C)C. The van der Waals surface area contributed by atoms with Gasteiger partial charge in [-0.15, -0.1) is 0 Å². The van der Waals surface area contributed by atoms with Gasteiger partial charge in [0.05, 0.1) is 6.42 Å². The number of carbonyl (C=O) groups excluding carboxylic acids is 5. The van der Waals surface area contributed by atoms with E-state index in [-0.39, 0.29) is 19.4 Å². The zero-order chi connectivity index (χ0) is 48.2. The van der Waals surface area contributed by atoms with E-state index in [1.165, 1.54) is 42.6 Å². The number of carbonyl (C=O) groups is 5. The molecule has 6 rings (SSSR count). The Balaban J connectivity index is 1.36. The van der Waals surface area contributed by atoms with Gasteiger partial charge in [0.25, 0.3) is 0 Å². The number of amides is 4. The summed E-state index contributed by atoms with van der Waals surface area (Å²) in [6, 6.07) is 22.0. The number of alkyl halides is 3. The maximum atomic E-state index is 14.9. The average Bonchev–Trinajstić information content (AvgIpc) is 4.04. The van der Waals surface area contributed by atoms with Crippen molar-refractivity contribution in [2.75, 3.05) is 19.6 Å². The third-order valence-electron chi connectivity index (χ3n) is 13.9. The molecule has 0 aromatic heterocycles. The van der Waals surface area contributed by atoms with E-state index in [1.54, 1.807) is 37.8 Å². The van der Waals surface area contributed by atoms with Crippen LogP contribution in [0, 0.1) is 5.92 Å². The molecule has 3 aromatic carbocycles. The molecule has 3 aliphatic rings. The van der Waals surface area contributed by atoms with Gasteiger partial charge in [-0.1, -0.05) is 163 Å². The number of ether oxygens (including phenoxy) is 1. The number of nitrogens with one attached hydrogen (secondary N) is 2. The summed E-state index contributed by atoms with van der Waals surface area (Å²) >= 11 is 7.05. The number of hydrogen-bond donors (Lipinski definition) is 2. The molecule has 67 heavy (non-hydrogen) atoms. The Morgan fingerprint density at radius 1 is 0.776 bits per heavy atom. The molecule has 2 saturated carbocycles. The molecular formula is C53H68ClF3N4O6. The highest BCUT2D eigenvalue weighted by molar-refractivity contribution is 6.31. The number of halogens is 4. The van der Waals surface area contributed by atoms with Gasteiger partial charge in [-0.05, 0) is 68.4 Å². The minimum absolute atomic E-state index is 0.0114. The minimum atomic E-state index is -5.22. The third kappa shape index (κ3) is 12.4. The zero-order valence-electron chi connectivity index (χ0n) is 39.3. The van der Waals surface area contributed by atoms with Crippen molar-refractivity contribution < 1.29 is 41.9 Å². The summed E-state index contributed by atoms with van der Waals surface area (Å²) in [5.74, 6) is -5.27. The summed E-state index contributed by atoms with van der Waals surface area (Å²) in [5, 5.41) is 5.18. The lowest BCUT2D eigenvalue weighted by molar-refractivity contribution is -0.177. The second kappa shape index (κ2) is 23.4. The van der Waals surface area contributed by atoms with Crippen LogP contribution in [0.5, 0.6) is 0 Å². The summed E-state index contributed by atoms with van der Waals surface area (Å²) in [4.78, 5) is 73.8. The molecule has 1 aliphatic heterocycles. The second-order valence-electron chi connectivity index (χ2n) is 19.1. The molecule has 1 heterocycles. The fourth-order valence-corrected chi connectivity index (χ4v) is 10.8. The number of likely N-dealkylation sites (tertiary alicyclic amines) is 1. The molecule has 2 aliphatic carbocycles. The first kappa shape index (κ1) is 51.5. The summed E-state index contributed by atoms with van der Waals surface area (Å²) in [6.45, 7) is 5.98. The molecule has 3 aromatic rings. The molecule has 0 bridgehead atoms. The summed E-state index contributed by atoms with van der Waals surface area (Å²) in [6.07, 6.45) is 7.51. The molecule has 3 fully saturated rings. The van der Waals surface area contributed by atoms with Gasteiger partial charge >= 0.3 is 18.1 Å². The maximum Gasteiger partial charge on any atom is 0.471 e. The van der Waals surface area contributed by atoms with Crippen molar-refractivity contribution >= 4 is 41.2 Å². The van der Waals surface area contributed by atoms with E-state index in [0.29, 0.717) is 60.0 Å². The fraction of sp³-hybridized carbons (Fsp3) is 0.566. The van der Waals surface area contributed by atoms with Crippen LogP contribution in [-0.2, 0) is 34.3 Å². The first-order chi connectivity index (χ1) is 32.1. The number of benzene rings is 3. The molecule has 10 nitrogen and oxygen atoms in total. The molecule has 1 unspecified atom stereocenters. The Morgan fingerprint density at radius 2 is 1.34 bits per heavy atom. The quantitative estimate of drug-likeness (QED) is 0.109. The first-order valence-electron chi connectivity index (χ1n) is 24.5. The Kier molecular flexibility index (Phi) is 18.0. The smallest absolute Gasteiger partial charge is 0.444 e. The number of rotatable bonds is 16. The number of nitrogens with zero attached hydrogens (tertiary/aromatic N) is 2. The molecule has 1 saturated heterocycles. The third-order valence-corrected chi connectivity index (χ3v) is 14.3. The predicted molar refractivity (Wildman–Crippen MR) is 253 cm³/mol. The van der Waals surface area contributed by atoms with E-state index in [0.717, 1.165) is 38.5 Å². The van der Waals surface area contributed by atoms with Gasteiger partial charge in [0.15, 0.2) is 5.60 Å². The highest BCUT2D eigenvalue weighted by atomic mass is 35.5. The van der Waals surface area contributed by atoms with E-state index in [1.807, 2.05) is 59.9 Å². The van der Waals surface area contributed by atoms with E-state index in [9.17, 15) is 37.1 Å². The largest absolute Gasteiger partial charge is 0.471 e. The monoisotopic (exact) mass is 948 g/mol. The second-order valence-corrected chi connectivity index (χ2v) is 19.5. The highest BCUT2D eigenvalue weighted by Crippen LogP contribution is 2.45. The van der Waals surface area contributed by atoms with Gasteiger partial charge in [-0.3, -0.25) is 24.0 Å². The van der Waals surface area contributed by atoms with Gasteiger partial charge in [-0.2, -0.15) is 13.2 Å². The van der Waals surface area contributed by atoms with Crippen LogP contribution in [0.3, 0.4) is 0 Å². The van der Waals surface area contributed by atoms with Crippen molar-refractivity contribution in [3.8, 4) is 0 Å². The summed E-state index contributed by atoms with van der Waals surface area (Å²) < 4.78 is 47.6. The Hall–Kier alpha value is -4.91. The lowest BCUT2D eigenvalue weighted by atomic mass is 9.78. The highest BCUT2D eigenvalue weighted by Gasteiger charge is 2.52. The molecule has 14 heteroatoms. The van der Waals surface area contributed by atoms with Gasteiger partial charge in [-0.25, -0.2) is 0 Å². The van der Waals surface area contributed by atoms with Gasteiger partial charge in [0.2, 0.25) is 17.7 Å². The first-order valence-corrected chi connectivity index (χ1v) is 24.9. The van der Waals surface area contributed by atoms with Crippen LogP contribution in [0.2, 0.25) is 5.02 Å². The Labute approximate surface area is 399 Å². The van der Waals surface area contributed by atoms with Crippen molar-refractivity contribution in [3.05, 3.63) is 106 Å². The molecule has 3 atom stereocenters. The van der Waals surface area contributed by atoms with Crippen LogP contribution < -0.4 is 10.6 Å². The van der Waals surface area contributed by atoms with E-state index < -0.39 is 71.3 Å². The summed E-state index contributed by atoms with van der Waals surface area (Å²) in [7, 11) is 0. The fourth-order valence-electron chi connectivity index (χ4n) is 10.5. The van der Waals surface area contributed by atoms with Gasteiger partial charge < -0.3 is 25.2 Å². The van der Waals surface area contributed by atoms with Crippen LogP contribution in [-0.4, -0.2) is 82.8 Å². The normalized spacial score (nSPS) is 18.9. The molecule has 2 N–H and O–H groups in total. The Bertz CT molecular complexity index is 2130. The van der Waals surface area contributed by atoms with Crippen LogP contribution in [0.1, 0.15) is 158 Å². The van der Waals surface area contributed by atoms with E-state index in [2.05, 4.69) is 17.4 Å².